The second-order valence-corrected chi connectivity index (χ2v) is 6.35. The van der Waals surface area contributed by atoms with Crippen molar-refractivity contribution in [1.82, 2.24) is 0 Å². The second kappa shape index (κ2) is 4.08. The molecule has 2 rings (SSSR count). The molecule has 7 heteroatoms. The summed E-state index contributed by atoms with van der Waals surface area (Å²) in [5.74, 6) is -1.51. The third-order valence-corrected chi connectivity index (χ3v) is 5.01. The van der Waals surface area contributed by atoms with Crippen LogP contribution in [0, 0.1) is 0 Å². The molecule has 0 aliphatic carbocycles. The van der Waals surface area contributed by atoms with Crippen molar-refractivity contribution in [3.63, 3.8) is 0 Å². The first-order valence-corrected chi connectivity index (χ1v) is 6.79. The molecule has 1 aliphatic heterocycles. The molecule has 0 saturated heterocycles. The number of sulfone groups is 1. The number of hydrogen-bond donors (Lipinski definition) is 2. The normalized spacial score (nSPS) is 18.6. The molecule has 5 nitrogen and oxygen atoms in total. The van der Waals surface area contributed by atoms with Gasteiger partial charge >= 0.3 is 5.97 Å². The Morgan fingerprint density at radius 3 is 2.56 bits per heavy atom. The number of hydrogen-bond acceptors (Lipinski definition) is 4. The van der Waals surface area contributed by atoms with E-state index in [1.165, 1.54) is 25.1 Å². The molecule has 18 heavy (non-hydrogen) atoms. The van der Waals surface area contributed by atoms with Crippen LogP contribution in [-0.2, 0) is 14.6 Å². The van der Waals surface area contributed by atoms with Crippen molar-refractivity contribution >= 4 is 33.0 Å². The summed E-state index contributed by atoms with van der Waals surface area (Å²) in [4.78, 5) is 10.6. The van der Waals surface area contributed by atoms with Crippen LogP contribution in [0.4, 0.5) is 0 Å². The van der Waals surface area contributed by atoms with Gasteiger partial charge < -0.3 is 10.2 Å². The second-order valence-electron chi connectivity index (χ2n) is 3.85. The molecule has 96 valence electrons. The maximum absolute atomic E-state index is 12.0. The minimum atomic E-state index is -3.73. The summed E-state index contributed by atoms with van der Waals surface area (Å²) in [7, 11) is -3.73. The molecule has 0 aromatic heterocycles. The Bertz CT molecular complexity index is 675. The van der Waals surface area contributed by atoms with Crippen molar-refractivity contribution in [3.8, 4) is 0 Å². The summed E-state index contributed by atoms with van der Waals surface area (Å²) >= 11 is 5.77. The Labute approximate surface area is 108 Å². The summed E-state index contributed by atoms with van der Waals surface area (Å²) in [5, 5.41) is 18.7. The monoisotopic (exact) mass is 288 g/mol. The molecule has 1 aliphatic rings. The fourth-order valence-corrected chi connectivity index (χ4v) is 3.63. The van der Waals surface area contributed by atoms with Gasteiger partial charge in [0.15, 0.2) is 6.10 Å². The molecule has 0 bridgehead atoms. The number of rotatable bonds is 2. The number of fused-ring (bicyclic) bond motifs is 1. The fraction of sp³-hybridized carbons (Fsp3) is 0.182. The number of carboxylic acid groups (broad SMARTS) is 1. The fourth-order valence-electron chi connectivity index (χ4n) is 1.91. The summed E-state index contributed by atoms with van der Waals surface area (Å²) < 4.78 is 24.1. The number of aliphatic hydroxyl groups excluding tert-OH is 1. The maximum Gasteiger partial charge on any atom is 0.337 e. The molecule has 0 radical (unpaired) electrons. The van der Waals surface area contributed by atoms with E-state index in [4.69, 9.17) is 16.7 Å². The number of benzene rings is 1. The van der Waals surface area contributed by atoms with Gasteiger partial charge in [0.25, 0.3) is 0 Å². The van der Waals surface area contributed by atoms with Crippen LogP contribution in [0.1, 0.15) is 12.5 Å². The van der Waals surface area contributed by atoms with E-state index in [1.807, 2.05) is 0 Å². The van der Waals surface area contributed by atoms with Crippen LogP contribution >= 0.6 is 11.6 Å². The number of aliphatic carboxylic acids is 1. The Hall–Kier alpha value is -1.37. The van der Waals surface area contributed by atoms with Crippen LogP contribution in [0.2, 0.25) is 5.02 Å². The van der Waals surface area contributed by atoms with Crippen molar-refractivity contribution in [2.24, 2.45) is 0 Å². The van der Waals surface area contributed by atoms with E-state index in [1.54, 1.807) is 0 Å². The largest absolute Gasteiger partial charge is 0.479 e. The third kappa shape index (κ3) is 1.73. The molecule has 1 aromatic rings. The van der Waals surface area contributed by atoms with Crippen molar-refractivity contribution in [2.45, 2.75) is 17.9 Å². The molecule has 1 heterocycles. The minimum Gasteiger partial charge on any atom is -0.479 e. The highest BCUT2D eigenvalue weighted by atomic mass is 35.5. The Kier molecular flexibility index (Phi) is 2.96. The van der Waals surface area contributed by atoms with E-state index in [9.17, 15) is 18.3 Å². The first-order chi connectivity index (χ1) is 8.26. The van der Waals surface area contributed by atoms with E-state index in [2.05, 4.69) is 0 Å². The van der Waals surface area contributed by atoms with Crippen molar-refractivity contribution in [3.05, 3.63) is 33.7 Å². The highest BCUT2D eigenvalue weighted by Gasteiger charge is 2.38. The van der Waals surface area contributed by atoms with Gasteiger partial charge in [-0.05, 0) is 25.1 Å². The molecule has 0 spiro atoms. The highest BCUT2D eigenvalue weighted by Crippen LogP contribution is 2.41. The maximum atomic E-state index is 12.0. The molecule has 1 atom stereocenters. The lowest BCUT2D eigenvalue weighted by molar-refractivity contribution is -0.143. The Morgan fingerprint density at radius 2 is 2.00 bits per heavy atom. The van der Waals surface area contributed by atoms with Crippen molar-refractivity contribution < 1.29 is 23.4 Å². The first-order valence-electron chi connectivity index (χ1n) is 4.93. The third-order valence-electron chi connectivity index (χ3n) is 2.81. The molecule has 2 N–H and O–H groups in total. The number of carbonyl (C=O) groups is 1. The molecular weight excluding hydrogens is 280 g/mol. The van der Waals surface area contributed by atoms with E-state index in [0.717, 1.165) is 0 Å². The first kappa shape index (κ1) is 13.1. The van der Waals surface area contributed by atoms with E-state index in [-0.39, 0.29) is 26.0 Å². The Balaban J connectivity index is 2.79. The number of aliphatic hydroxyl groups is 1. The topological polar surface area (TPSA) is 91.7 Å². The number of halogens is 1. The van der Waals surface area contributed by atoms with Gasteiger partial charge in [0.1, 0.15) is 0 Å². The van der Waals surface area contributed by atoms with Crippen LogP contribution in [0.25, 0.3) is 5.57 Å². The lowest BCUT2D eigenvalue weighted by atomic mass is 10.0. The van der Waals surface area contributed by atoms with Gasteiger partial charge in [-0.1, -0.05) is 11.6 Å². The minimum absolute atomic E-state index is 0.0281. The number of carboxylic acids is 1. The zero-order chi connectivity index (χ0) is 13.7. The zero-order valence-electron chi connectivity index (χ0n) is 9.21. The summed E-state index contributed by atoms with van der Waals surface area (Å²) in [6.07, 6.45) is -1.89. The van der Waals surface area contributed by atoms with Crippen LogP contribution in [0.15, 0.2) is 28.0 Å². The van der Waals surface area contributed by atoms with Crippen molar-refractivity contribution in [1.29, 1.82) is 0 Å². The average molecular weight is 289 g/mol. The summed E-state index contributed by atoms with van der Waals surface area (Å²) in [6, 6.07) is 4.05. The van der Waals surface area contributed by atoms with Gasteiger partial charge in [-0.2, -0.15) is 0 Å². The van der Waals surface area contributed by atoms with Crippen LogP contribution in [0.5, 0.6) is 0 Å². The SMILES string of the molecule is CC1=C(C(O)C(=O)O)c2cc(Cl)ccc2S1(=O)=O. The average Bonchev–Trinajstić information content (AvgIpc) is 2.46. The van der Waals surface area contributed by atoms with Crippen molar-refractivity contribution in [2.75, 3.05) is 0 Å². The van der Waals surface area contributed by atoms with Crippen LogP contribution < -0.4 is 0 Å². The van der Waals surface area contributed by atoms with Gasteiger partial charge in [0, 0.05) is 16.2 Å². The quantitative estimate of drug-likeness (QED) is 0.856. The van der Waals surface area contributed by atoms with E-state index >= 15 is 0 Å². The molecular formula is C11H9ClO5S. The summed E-state index contributed by atoms with van der Waals surface area (Å²) in [5.41, 5.74) is 0.0231. The summed E-state index contributed by atoms with van der Waals surface area (Å²) in [6.45, 7) is 1.27. The van der Waals surface area contributed by atoms with Crippen LogP contribution in [-0.4, -0.2) is 30.7 Å². The smallest absolute Gasteiger partial charge is 0.337 e. The highest BCUT2D eigenvalue weighted by molar-refractivity contribution is 7.95. The van der Waals surface area contributed by atoms with Gasteiger partial charge in [-0.25, -0.2) is 13.2 Å². The lowest BCUT2D eigenvalue weighted by Gasteiger charge is -2.09. The van der Waals surface area contributed by atoms with Crippen LogP contribution in [0.3, 0.4) is 0 Å². The van der Waals surface area contributed by atoms with Gasteiger partial charge in [0.05, 0.1) is 9.80 Å². The van der Waals surface area contributed by atoms with Gasteiger partial charge in [0.2, 0.25) is 9.84 Å². The molecule has 0 amide bonds. The van der Waals surface area contributed by atoms with E-state index < -0.39 is 21.9 Å². The Morgan fingerprint density at radius 1 is 1.39 bits per heavy atom. The standard InChI is InChI=1S/C11H9ClO5S/c1-5-9(10(13)11(14)15)7-4-6(12)2-3-8(7)18(5,16)17/h2-4,10,13H,1H3,(H,14,15). The van der Waals surface area contributed by atoms with E-state index in [0.29, 0.717) is 0 Å². The van der Waals surface area contributed by atoms with Gasteiger partial charge in [-0.3, -0.25) is 0 Å². The van der Waals surface area contributed by atoms with Gasteiger partial charge in [-0.15, -0.1) is 0 Å². The predicted octanol–water partition coefficient (Wildman–Crippen LogP) is 1.30. The molecule has 0 fully saturated rings. The number of allylic oxidation sites excluding steroid dienone is 1. The molecule has 0 saturated carbocycles. The molecule has 1 unspecified atom stereocenters. The lowest BCUT2D eigenvalue weighted by Crippen LogP contribution is -2.21. The zero-order valence-corrected chi connectivity index (χ0v) is 10.8. The molecule has 1 aromatic carbocycles. The predicted molar refractivity (Wildman–Crippen MR) is 64.9 cm³/mol.